The van der Waals surface area contributed by atoms with E-state index in [2.05, 4.69) is 15.7 Å². The van der Waals surface area contributed by atoms with Crippen molar-refractivity contribution in [1.82, 2.24) is 25.3 Å². The summed E-state index contributed by atoms with van der Waals surface area (Å²) in [5.41, 5.74) is 7.51. The second-order valence-corrected chi connectivity index (χ2v) is 9.52. The molecule has 1 fully saturated rings. The van der Waals surface area contributed by atoms with Crippen molar-refractivity contribution in [1.29, 1.82) is 0 Å². The monoisotopic (exact) mass is 530 g/mol. The third-order valence-corrected chi connectivity index (χ3v) is 6.70. The summed E-state index contributed by atoms with van der Waals surface area (Å²) in [7, 11) is 0. The van der Waals surface area contributed by atoms with Crippen molar-refractivity contribution >= 4 is 17.8 Å². The summed E-state index contributed by atoms with van der Waals surface area (Å²) >= 11 is 0. The van der Waals surface area contributed by atoms with Crippen molar-refractivity contribution < 1.29 is 24.6 Å². The third-order valence-electron chi connectivity index (χ3n) is 6.70. The van der Waals surface area contributed by atoms with E-state index in [4.69, 9.17) is 5.73 Å². The Morgan fingerprint density at radius 1 is 1.13 bits per heavy atom. The Hall–Kier alpha value is -3.44. The van der Waals surface area contributed by atoms with E-state index in [0.717, 1.165) is 11.3 Å². The minimum absolute atomic E-state index is 0.110. The number of urea groups is 1. The lowest BCUT2D eigenvalue weighted by atomic mass is 9.96. The van der Waals surface area contributed by atoms with Gasteiger partial charge in [0, 0.05) is 31.6 Å². The minimum atomic E-state index is -0.787. The summed E-state index contributed by atoms with van der Waals surface area (Å²) in [6.45, 7) is 10.3. The van der Waals surface area contributed by atoms with Crippen LogP contribution in [0, 0.1) is 11.8 Å². The molecular formula is C27H42N6O5. The number of rotatable bonds is 10. The number of carbonyl (C=O) groups is 3. The molecule has 4 atom stereocenters. The summed E-state index contributed by atoms with van der Waals surface area (Å²) in [5, 5.41) is 29.8. The van der Waals surface area contributed by atoms with Gasteiger partial charge < -0.3 is 31.5 Å². The molecule has 0 aliphatic carbocycles. The van der Waals surface area contributed by atoms with Crippen LogP contribution in [0.2, 0.25) is 0 Å². The van der Waals surface area contributed by atoms with Crippen LogP contribution in [0.3, 0.4) is 0 Å². The van der Waals surface area contributed by atoms with Gasteiger partial charge in [-0.05, 0) is 23.1 Å². The first kappa shape index (κ1) is 30.8. The highest BCUT2D eigenvalue weighted by Gasteiger charge is 2.41. The fourth-order valence-corrected chi connectivity index (χ4v) is 4.28. The first-order chi connectivity index (χ1) is 18.1. The molecule has 2 heterocycles. The first-order valence-electron chi connectivity index (χ1n) is 13.2. The number of nitrogens with two attached hydrogens (primary N) is 1. The smallest absolute Gasteiger partial charge is 0.312 e. The Bertz CT molecular complexity index is 1050. The lowest BCUT2D eigenvalue weighted by Gasteiger charge is -2.29. The van der Waals surface area contributed by atoms with E-state index in [9.17, 15) is 24.6 Å². The molecular weight excluding hydrogens is 488 g/mol. The van der Waals surface area contributed by atoms with Gasteiger partial charge in [0.15, 0.2) is 0 Å². The van der Waals surface area contributed by atoms with Crippen LogP contribution in [-0.4, -0.2) is 74.6 Å². The number of hydrogen-bond donors (Lipinski definition) is 5. The molecule has 0 bridgehead atoms. The molecule has 6 N–H and O–H groups in total. The van der Waals surface area contributed by atoms with E-state index >= 15 is 0 Å². The van der Waals surface area contributed by atoms with Gasteiger partial charge in [0.05, 0.1) is 31.0 Å². The molecule has 1 aromatic carbocycles. The molecule has 0 radical (unpaired) electrons. The minimum Gasteiger partial charge on any atom is -0.394 e. The lowest BCUT2D eigenvalue weighted by Crippen LogP contribution is -2.49. The fourth-order valence-electron chi connectivity index (χ4n) is 4.28. The van der Waals surface area contributed by atoms with Gasteiger partial charge in [0.2, 0.25) is 11.8 Å². The topological polar surface area (TPSA) is 163 Å². The zero-order valence-electron chi connectivity index (χ0n) is 22.9. The molecule has 11 nitrogen and oxygen atoms in total. The number of hydrogen-bond acceptors (Lipinski definition) is 6. The maximum absolute atomic E-state index is 13.1. The Morgan fingerprint density at radius 3 is 2.37 bits per heavy atom. The van der Waals surface area contributed by atoms with Crippen molar-refractivity contribution in [2.75, 3.05) is 19.7 Å². The molecule has 1 saturated heterocycles. The summed E-state index contributed by atoms with van der Waals surface area (Å²) < 4.78 is 1.74. The highest BCUT2D eigenvalue weighted by atomic mass is 16.3. The molecule has 4 amide bonds. The van der Waals surface area contributed by atoms with Crippen LogP contribution in [0.5, 0.6) is 0 Å². The number of nitrogens with one attached hydrogen (secondary N) is 2. The van der Waals surface area contributed by atoms with Crippen LogP contribution < -0.4 is 16.4 Å². The molecule has 38 heavy (non-hydrogen) atoms. The zero-order chi connectivity index (χ0) is 28.4. The standard InChI is InChI=1S/C25H36N6O5.C2H6/c1-15(2)16(3)24(35)30-13-19(33)12-22(30)23(34)29-20(14-32)17-4-6-18(7-5-17)21-8-9-28-31(21)11-10-27-25(26)36;1-2/h4-9,15-16,19-20,22,32-33H,10-14H2,1-3H3,(H,29,34)(H3,26,27,36);1-2H3. The number of aliphatic hydroxyl groups excluding tert-OH is 2. The summed E-state index contributed by atoms with van der Waals surface area (Å²) in [6, 6.07) is 7.13. The number of benzene rings is 1. The molecule has 4 unspecified atom stereocenters. The SMILES string of the molecule is CC.CC(C)C(C)C(=O)N1CC(O)CC1C(=O)NC(CO)c1ccc(-c2ccnn2CCNC(N)=O)cc1. The maximum atomic E-state index is 13.1. The van der Waals surface area contributed by atoms with E-state index < -0.39 is 30.1 Å². The van der Waals surface area contributed by atoms with Crippen molar-refractivity contribution in [3.05, 3.63) is 42.1 Å². The number of β-amino-alcohol motifs (C(OH)–C–C–N with tert-alkyl or cyclic N) is 1. The van der Waals surface area contributed by atoms with E-state index in [1.165, 1.54) is 4.90 Å². The molecule has 2 aromatic rings. The van der Waals surface area contributed by atoms with E-state index in [-0.39, 0.29) is 37.3 Å². The molecule has 1 aliphatic heterocycles. The number of aliphatic hydroxyl groups is 2. The molecule has 1 aliphatic rings. The zero-order valence-corrected chi connectivity index (χ0v) is 22.9. The van der Waals surface area contributed by atoms with E-state index in [1.54, 1.807) is 10.9 Å². The van der Waals surface area contributed by atoms with Crippen molar-refractivity contribution in [2.24, 2.45) is 17.6 Å². The van der Waals surface area contributed by atoms with Gasteiger partial charge in [-0.2, -0.15) is 5.10 Å². The van der Waals surface area contributed by atoms with Gasteiger partial charge in [0.1, 0.15) is 6.04 Å². The van der Waals surface area contributed by atoms with Gasteiger partial charge in [0.25, 0.3) is 0 Å². The quantitative estimate of drug-likeness (QED) is 0.314. The second-order valence-electron chi connectivity index (χ2n) is 9.52. The molecule has 3 rings (SSSR count). The number of likely N-dealkylation sites (tertiary alicyclic amines) is 1. The first-order valence-corrected chi connectivity index (χ1v) is 13.2. The number of aromatic nitrogens is 2. The Morgan fingerprint density at radius 2 is 1.79 bits per heavy atom. The number of nitrogens with zero attached hydrogens (tertiary/aromatic N) is 3. The van der Waals surface area contributed by atoms with Crippen LogP contribution in [-0.2, 0) is 16.1 Å². The molecule has 1 aromatic heterocycles. The van der Waals surface area contributed by atoms with Crippen molar-refractivity contribution in [2.45, 2.75) is 65.8 Å². The molecule has 0 spiro atoms. The normalized spacial score (nSPS) is 18.4. The average molecular weight is 531 g/mol. The van der Waals surface area contributed by atoms with Gasteiger partial charge in [-0.3, -0.25) is 14.3 Å². The van der Waals surface area contributed by atoms with Crippen molar-refractivity contribution in [3.63, 3.8) is 0 Å². The number of primary amides is 1. The number of amides is 4. The van der Waals surface area contributed by atoms with Gasteiger partial charge in [-0.25, -0.2) is 4.79 Å². The van der Waals surface area contributed by atoms with E-state index in [0.29, 0.717) is 18.7 Å². The predicted molar refractivity (Wildman–Crippen MR) is 145 cm³/mol. The summed E-state index contributed by atoms with van der Waals surface area (Å²) in [5.74, 6) is -0.724. The maximum Gasteiger partial charge on any atom is 0.312 e. The average Bonchev–Trinajstić information content (AvgIpc) is 3.54. The Kier molecular flexibility index (Phi) is 11.7. The molecule has 11 heteroatoms. The highest BCUT2D eigenvalue weighted by Crippen LogP contribution is 2.25. The van der Waals surface area contributed by atoms with Crippen LogP contribution in [0.25, 0.3) is 11.3 Å². The number of carbonyl (C=O) groups excluding carboxylic acids is 3. The molecule has 210 valence electrons. The summed E-state index contributed by atoms with van der Waals surface area (Å²) in [6.07, 6.45) is 1.06. The van der Waals surface area contributed by atoms with Crippen LogP contribution in [0.1, 0.15) is 52.6 Å². The Balaban J connectivity index is 0.00000247. The van der Waals surface area contributed by atoms with Gasteiger partial charge >= 0.3 is 6.03 Å². The fraction of sp³-hybridized carbons (Fsp3) is 0.556. The van der Waals surface area contributed by atoms with E-state index in [1.807, 2.05) is 65.0 Å². The van der Waals surface area contributed by atoms with Crippen LogP contribution in [0.4, 0.5) is 4.79 Å². The Labute approximate surface area is 224 Å². The summed E-state index contributed by atoms with van der Waals surface area (Å²) in [4.78, 5) is 38.4. The van der Waals surface area contributed by atoms with Crippen LogP contribution >= 0.6 is 0 Å². The highest BCUT2D eigenvalue weighted by molar-refractivity contribution is 5.89. The predicted octanol–water partition coefficient (Wildman–Crippen LogP) is 1.65. The van der Waals surface area contributed by atoms with Crippen molar-refractivity contribution in [3.8, 4) is 11.3 Å². The van der Waals surface area contributed by atoms with Gasteiger partial charge in [-0.15, -0.1) is 0 Å². The second kappa shape index (κ2) is 14.5. The molecule has 0 saturated carbocycles. The van der Waals surface area contributed by atoms with Gasteiger partial charge in [-0.1, -0.05) is 58.9 Å². The third kappa shape index (κ3) is 7.78. The van der Waals surface area contributed by atoms with Crippen LogP contribution in [0.15, 0.2) is 36.5 Å². The lowest BCUT2D eigenvalue weighted by molar-refractivity contribution is -0.142. The largest absolute Gasteiger partial charge is 0.394 e.